The standard InChI is InChI=1S/C22H29N3O3/c1-16-8-10-25(11-9-16)21-7-4-17(14-23-21)15-24-22(26)13-18-12-19(27-2)5-6-20(18)28-3/h4-7,12,14,16H,8-11,13,15H2,1-3H3,(H,24,26). The van der Waals surface area contributed by atoms with Gasteiger partial charge in [0.15, 0.2) is 0 Å². The molecule has 150 valence electrons. The van der Waals surface area contributed by atoms with Crippen LogP contribution in [0.1, 0.15) is 30.9 Å². The number of ether oxygens (including phenoxy) is 2. The van der Waals surface area contributed by atoms with Gasteiger partial charge in [0.05, 0.1) is 20.6 Å². The Morgan fingerprint density at radius 2 is 1.96 bits per heavy atom. The molecule has 0 bridgehead atoms. The fourth-order valence-electron chi connectivity index (χ4n) is 3.40. The molecular formula is C22H29N3O3. The normalized spacial score (nSPS) is 14.6. The molecule has 0 spiro atoms. The van der Waals surface area contributed by atoms with Crippen molar-refractivity contribution in [3.63, 3.8) is 0 Å². The highest BCUT2D eigenvalue weighted by Gasteiger charge is 2.16. The molecule has 1 fully saturated rings. The summed E-state index contributed by atoms with van der Waals surface area (Å²) < 4.78 is 10.6. The van der Waals surface area contributed by atoms with E-state index >= 15 is 0 Å². The Kier molecular flexibility index (Phi) is 6.74. The molecule has 0 unspecified atom stereocenters. The molecule has 3 rings (SSSR count). The Morgan fingerprint density at radius 3 is 2.61 bits per heavy atom. The van der Waals surface area contributed by atoms with Crippen LogP contribution in [-0.2, 0) is 17.8 Å². The van der Waals surface area contributed by atoms with E-state index in [1.165, 1.54) is 12.8 Å². The van der Waals surface area contributed by atoms with Crippen LogP contribution in [0.25, 0.3) is 0 Å². The molecule has 1 aliphatic heterocycles. The van der Waals surface area contributed by atoms with Gasteiger partial charge in [-0.2, -0.15) is 0 Å². The average Bonchev–Trinajstić information content (AvgIpc) is 2.73. The van der Waals surface area contributed by atoms with Crippen molar-refractivity contribution in [2.75, 3.05) is 32.2 Å². The first-order chi connectivity index (χ1) is 13.6. The lowest BCUT2D eigenvalue weighted by atomic mass is 9.99. The average molecular weight is 383 g/mol. The van der Waals surface area contributed by atoms with Crippen LogP contribution in [0.15, 0.2) is 36.5 Å². The fraction of sp³-hybridized carbons (Fsp3) is 0.455. The first kappa shape index (κ1) is 20.0. The number of rotatable bonds is 7. The summed E-state index contributed by atoms with van der Waals surface area (Å²) in [5, 5.41) is 2.95. The van der Waals surface area contributed by atoms with Gasteiger partial charge in [-0.3, -0.25) is 4.79 Å². The third-order valence-corrected chi connectivity index (χ3v) is 5.25. The van der Waals surface area contributed by atoms with Gasteiger partial charge in [0.25, 0.3) is 0 Å². The maximum Gasteiger partial charge on any atom is 0.224 e. The van der Waals surface area contributed by atoms with Gasteiger partial charge >= 0.3 is 0 Å². The number of nitrogens with one attached hydrogen (secondary N) is 1. The van der Waals surface area contributed by atoms with E-state index in [4.69, 9.17) is 9.47 Å². The molecule has 0 aliphatic carbocycles. The Hall–Kier alpha value is -2.76. The summed E-state index contributed by atoms with van der Waals surface area (Å²) in [6.07, 6.45) is 4.51. The summed E-state index contributed by atoms with van der Waals surface area (Å²) in [4.78, 5) is 19.3. The lowest BCUT2D eigenvalue weighted by Gasteiger charge is -2.31. The quantitative estimate of drug-likeness (QED) is 0.796. The Labute approximate surface area is 166 Å². The summed E-state index contributed by atoms with van der Waals surface area (Å²) in [7, 11) is 3.20. The number of carbonyl (C=O) groups excluding carboxylic acids is 1. The largest absolute Gasteiger partial charge is 0.497 e. The van der Waals surface area contributed by atoms with Gasteiger partial charge in [-0.1, -0.05) is 13.0 Å². The molecule has 1 aromatic carbocycles. The van der Waals surface area contributed by atoms with Crippen molar-refractivity contribution in [2.24, 2.45) is 5.92 Å². The van der Waals surface area contributed by atoms with Gasteiger partial charge in [-0.15, -0.1) is 0 Å². The molecule has 1 aliphatic rings. The Balaban J connectivity index is 1.53. The minimum Gasteiger partial charge on any atom is -0.497 e. The van der Waals surface area contributed by atoms with Crippen LogP contribution < -0.4 is 19.7 Å². The molecule has 2 heterocycles. The molecule has 1 amide bonds. The summed E-state index contributed by atoms with van der Waals surface area (Å²) in [6, 6.07) is 9.53. The van der Waals surface area contributed by atoms with Crippen LogP contribution >= 0.6 is 0 Å². The van der Waals surface area contributed by atoms with Crippen molar-refractivity contribution in [3.8, 4) is 11.5 Å². The zero-order valence-corrected chi connectivity index (χ0v) is 16.9. The maximum absolute atomic E-state index is 12.4. The molecule has 6 nitrogen and oxygen atoms in total. The number of piperidine rings is 1. The molecule has 0 atom stereocenters. The predicted octanol–water partition coefficient (Wildman–Crippen LogP) is 3.19. The van der Waals surface area contributed by atoms with Crippen LogP contribution in [0.3, 0.4) is 0 Å². The molecule has 0 radical (unpaired) electrons. The van der Waals surface area contributed by atoms with Crippen molar-refractivity contribution in [1.29, 1.82) is 0 Å². The van der Waals surface area contributed by atoms with Crippen molar-refractivity contribution in [2.45, 2.75) is 32.7 Å². The van der Waals surface area contributed by atoms with Crippen molar-refractivity contribution < 1.29 is 14.3 Å². The van der Waals surface area contributed by atoms with Gasteiger partial charge in [-0.25, -0.2) is 4.98 Å². The van der Waals surface area contributed by atoms with Crippen molar-refractivity contribution >= 4 is 11.7 Å². The minimum absolute atomic E-state index is 0.0688. The van der Waals surface area contributed by atoms with Gasteiger partial charge < -0.3 is 19.7 Å². The molecule has 28 heavy (non-hydrogen) atoms. The van der Waals surface area contributed by atoms with E-state index in [2.05, 4.69) is 22.1 Å². The summed E-state index contributed by atoms with van der Waals surface area (Å²) in [5.74, 6) is 3.13. The van der Waals surface area contributed by atoms with Crippen LogP contribution in [-0.4, -0.2) is 38.2 Å². The minimum atomic E-state index is -0.0688. The molecular weight excluding hydrogens is 354 g/mol. The number of amides is 1. The number of aromatic nitrogens is 1. The summed E-state index contributed by atoms with van der Waals surface area (Å²) >= 11 is 0. The number of benzene rings is 1. The molecule has 1 saturated heterocycles. The number of hydrogen-bond donors (Lipinski definition) is 1. The zero-order chi connectivity index (χ0) is 19.9. The second-order valence-corrected chi connectivity index (χ2v) is 7.33. The van der Waals surface area contributed by atoms with Crippen LogP contribution in [0.2, 0.25) is 0 Å². The monoisotopic (exact) mass is 383 g/mol. The second-order valence-electron chi connectivity index (χ2n) is 7.33. The molecule has 6 heteroatoms. The fourth-order valence-corrected chi connectivity index (χ4v) is 3.40. The van der Waals surface area contributed by atoms with E-state index in [9.17, 15) is 4.79 Å². The van der Waals surface area contributed by atoms with Crippen LogP contribution in [0.5, 0.6) is 11.5 Å². The molecule has 2 aromatic rings. The van der Waals surface area contributed by atoms with Gasteiger partial charge in [0.2, 0.25) is 5.91 Å². The smallest absolute Gasteiger partial charge is 0.224 e. The third kappa shape index (κ3) is 5.15. The second kappa shape index (κ2) is 9.44. The Bertz CT molecular complexity index is 784. The number of carbonyl (C=O) groups is 1. The van der Waals surface area contributed by atoms with E-state index in [1.54, 1.807) is 14.2 Å². The highest BCUT2D eigenvalue weighted by atomic mass is 16.5. The first-order valence-electron chi connectivity index (χ1n) is 9.76. The predicted molar refractivity (Wildman–Crippen MR) is 110 cm³/mol. The molecule has 1 aromatic heterocycles. The number of pyridine rings is 1. The zero-order valence-electron chi connectivity index (χ0n) is 16.9. The SMILES string of the molecule is COc1ccc(OC)c(CC(=O)NCc2ccc(N3CCC(C)CC3)nc2)c1. The topological polar surface area (TPSA) is 63.7 Å². The van der Waals surface area contributed by atoms with Crippen LogP contribution in [0.4, 0.5) is 5.82 Å². The number of hydrogen-bond acceptors (Lipinski definition) is 5. The summed E-state index contributed by atoms with van der Waals surface area (Å²) in [5.41, 5.74) is 1.78. The lowest BCUT2D eigenvalue weighted by Crippen LogP contribution is -2.33. The highest BCUT2D eigenvalue weighted by Crippen LogP contribution is 2.24. The van der Waals surface area contributed by atoms with Crippen molar-refractivity contribution in [3.05, 3.63) is 47.7 Å². The van der Waals surface area contributed by atoms with Crippen LogP contribution in [0, 0.1) is 5.92 Å². The van der Waals surface area contributed by atoms with E-state index < -0.39 is 0 Å². The lowest BCUT2D eigenvalue weighted by molar-refractivity contribution is -0.120. The number of methoxy groups -OCH3 is 2. The summed E-state index contributed by atoms with van der Waals surface area (Å²) in [6.45, 7) is 4.88. The van der Waals surface area contributed by atoms with Gasteiger partial charge in [0.1, 0.15) is 17.3 Å². The molecule has 0 saturated carbocycles. The first-order valence-corrected chi connectivity index (χ1v) is 9.76. The third-order valence-electron chi connectivity index (χ3n) is 5.25. The molecule has 1 N–H and O–H groups in total. The van der Waals surface area contributed by atoms with E-state index in [0.717, 1.165) is 36.0 Å². The van der Waals surface area contributed by atoms with E-state index in [-0.39, 0.29) is 12.3 Å². The number of anilines is 1. The highest BCUT2D eigenvalue weighted by molar-refractivity contribution is 5.79. The number of nitrogens with zero attached hydrogens (tertiary/aromatic N) is 2. The van der Waals surface area contributed by atoms with E-state index in [0.29, 0.717) is 18.0 Å². The van der Waals surface area contributed by atoms with Gasteiger partial charge in [0, 0.05) is 31.4 Å². The maximum atomic E-state index is 12.4. The van der Waals surface area contributed by atoms with Gasteiger partial charge in [-0.05, 0) is 48.6 Å². The Morgan fingerprint density at radius 1 is 1.18 bits per heavy atom. The van der Waals surface area contributed by atoms with E-state index in [1.807, 2.05) is 36.5 Å². The van der Waals surface area contributed by atoms with Crippen molar-refractivity contribution in [1.82, 2.24) is 10.3 Å².